The fraction of sp³-hybridized carbons (Fsp3) is 0. The molecule has 0 saturated heterocycles. The third-order valence-corrected chi connectivity index (χ3v) is 8.14. The molecule has 3 heterocycles. The summed E-state index contributed by atoms with van der Waals surface area (Å²) >= 11 is 0. The van der Waals surface area contributed by atoms with Crippen molar-refractivity contribution in [3.8, 4) is 34.2 Å². The Hall–Kier alpha value is -5.94. The summed E-state index contributed by atoms with van der Waals surface area (Å²) in [7, 11) is 0. The Balaban J connectivity index is 1.36. The number of fused-ring (bicyclic) bond motifs is 7. The number of hydrogen-bond donors (Lipinski definition) is 0. The molecule has 0 fully saturated rings. The highest BCUT2D eigenvalue weighted by atomic mass is 16.3. The summed E-state index contributed by atoms with van der Waals surface area (Å²) in [5, 5.41) is 7.65. The second kappa shape index (κ2) is 9.29. The lowest BCUT2D eigenvalue weighted by Gasteiger charge is -2.12. The van der Waals surface area contributed by atoms with Gasteiger partial charge in [0, 0.05) is 45.1 Å². The molecule has 3 aromatic heterocycles. The smallest absolute Gasteiger partial charge is 0.164 e. The van der Waals surface area contributed by atoms with Crippen molar-refractivity contribution in [3.05, 3.63) is 134 Å². The molecule has 5 nitrogen and oxygen atoms in total. The average molecular weight is 551 g/mol. The Morgan fingerprint density at radius 3 is 2.05 bits per heavy atom. The molecule has 0 bridgehead atoms. The van der Waals surface area contributed by atoms with Crippen LogP contribution in [0.3, 0.4) is 0 Å². The standard InChI is InChI=1S/C38H22N4O/c1-2-10-23(11-3-1)36-40-37(29-17-8-18-33-35(29)31-21-25-13-9-19-39-32(25)22-34(31)43-33)42-38(41-36)30-20-24-12-4-5-14-26(24)27-15-6-7-16-28(27)30/h1-22H. The molecule has 0 aliphatic heterocycles. The summed E-state index contributed by atoms with van der Waals surface area (Å²) in [5.41, 5.74) is 5.25. The third-order valence-electron chi connectivity index (χ3n) is 8.14. The Kier molecular flexibility index (Phi) is 5.13. The SMILES string of the molecule is c1ccc(-c2nc(-c3cc4ccccc4c4ccccc34)nc(-c3cccc4oc5cc6ncccc6cc5c34)n2)cc1. The van der Waals surface area contributed by atoms with Crippen LogP contribution in [0.2, 0.25) is 0 Å². The summed E-state index contributed by atoms with van der Waals surface area (Å²) in [6.45, 7) is 0. The van der Waals surface area contributed by atoms with Crippen LogP contribution < -0.4 is 0 Å². The lowest BCUT2D eigenvalue weighted by molar-refractivity contribution is 0.669. The van der Waals surface area contributed by atoms with E-state index in [-0.39, 0.29) is 0 Å². The van der Waals surface area contributed by atoms with Crippen molar-refractivity contribution in [2.45, 2.75) is 0 Å². The molecule has 0 atom stereocenters. The molecule has 0 unspecified atom stereocenters. The fourth-order valence-electron chi connectivity index (χ4n) is 6.15. The normalized spacial score (nSPS) is 11.7. The molecule has 0 saturated carbocycles. The van der Waals surface area contributed by atoms with Gasteiger partial charge in [0.25, 0.3) is 0 Å². The maximum Gasteiger partial charge on any atom is 0.164 e. The van der Waals surface area contributed by atoms with Crippen LogP contribution >= 0.6 is 0 Å². The van der Waals surface area contributed by atoms with Gasteiger partial charge in [-0.25, -0.2) is 15.0 Å². The highest BCUT2D eigenvalue weighted by Gasteiger charge is 2.19. The van der Waals surface area contributed by atoms with Crippen LogP contribution in [0.4, 0.5) is 0 Å². The summed E-state index contributed by atoms with van der Waals surface area (Å²) in [4.78, 5) is 19.8. The summed E-state index contributed by atoms with van der Waals surface area (Å²) < 4.78 is 6.35. The number of furan rings is 1. The fourth-order valence-corrected chi connectivity index (χ4v) is 6.15. The lowest BCUT2D eigenvalue weighted by Crippen LogP contribution is -2.01. The monoisotopic (exact) mass is 550 g/mol. The van der Waals surface area contributed by atoms with Crippen molar-refractivity contribution >= 4 is 54.4 Å². The van der Waals surface area contributed by atoms with E-state index in [1.807, 2.05) is 54.6 Å². The molecular formula is C38H22N4O. The van der Waals surface area contributed by atoms with E-state index in [4.69, 9.17) is 19.4 Å². The van der Waals surface area contributed by atoms with E-state index < -0.39 is 0 Å². The maximum absolute atomic E-state index is 6.35. The summed E-state index contributed by atoms with van der Waals surface area (Å²) in [5.74, 6) is 1.85. The molecule has 0 radical (unpaired) electrons. The van der Waals surface area contributed by atoms with Gasteiger partial charge < -0.3 is 4.42 Å². The highest BCUT2D eigenvalue weighted by Crippen LogP contribution is 2.39. The first kappa shape index (κ1) is 23.7. The summed E-state index contributed by atoms with van der Waals surface area (Å²) in [6, 6.07) is 43.4. The van der Waals surface area contributed by atoms with Crippen LogP contribution in [-0.2, 0) is 0 Å². The van der Waals surface area contributed by atoms with Crippen LogP contribution in [0, 0.1) is 0 Å². The van der Waals surface area contributed by atoms with E-state index in [9.17, 15) is 0 Å². The van der Waals surface area contributed by atoms with Gasteiger partial charge in [0.1, 0.15) is 11.2 Å². The van der Waals surface area contributed by atoms with E-state index in [1.54, 1.807) is 6.20 Å². The first-order chi connectivity index (χ1) is 21.3. The second-order valence-corrected chi connectivity index (χ2v) is 10.7. The number of pyridine rings is 1. The number of aromatic nitrogens is 4. The van der Waals surface area contributed by atoms with Crippen molar-refractivity contribution in [3.63, 3.8) is 0 Å². The van der Waals surface area contributed by atoms with Crippen LogP contribution in [0.25, 0.3) is 88.5 Å². The van der Waals surface area contributed by atoms with E-state index in [1.165, 1.54) is 10.8 Å². The van der Waals surface area contributed by atoms with Crippen LogP contribution in [0.15, 0.2) is 138 Å². The van der Waals surface area contributed by atoms with Crippen LogP contribution in [-0.4, -0.2) is 19.9 Å². The zero-order chi connectivity index (χ0) is 28.3. The van der Waals surface area contributed by atoms with Gasteiger partial charge in [-0.05, 0) is 45.8 Å². The van der Waals surface area contributed by atoms with E-state index >= 15 is 0 Å². The molecule has 200 valence electrons. The molecule has 6 aromatic carbocycles. The van der Waals surface area contributed by atoms with Crippen molar-refractivity contribution in [2.24, 2.45) is 0 Å². The van der Waals surface area contributed by atoms with Gasteiger partial charge in [-0.1, -0.05) is 97.1 Å². The zero-order valence-corrected chi connectivity index (χ0v) is 22.9. The van der Waals surface area contributed by atoms with Gasteiger partial charge >= 0.3 is 0 Å². The zero-order valence-electron chi connectivity index (χ0n) is 22.9. The Bertz CT molecular complexity index is 2520. The Morgan fingerprint density at radius 2 is 1.16 bits per heavy atom. The molecule has 0 N–H and O–H groups in total. The second-order valence-electron chi connectivity index (χ2n) is 10.7. The average Bonchev–Trinajstić information content (AvgIpc) is 3.44. The maximum atomic E-state index is 6.35. The van der Waals surface area contributed by atoms with Gasteiger partial charge in [0.05, 0.1) is 5.52 Å². The van der Waals surface area contributed by atoms with Crippen molar-refractivity contribution in [1.29, 1.82) is 0 Å². The van der Waals surface area contributed by atoms with Crippen molar-refractivity contribution in [1.82, 2.24) is 19.9 Å². The van der Waals surface area contributed by atoms with Gasteiger partial charge in [-0.3, -0.25) is 4.98 Å². The van der Waals surface area contributed by atoms with Gasteiger partial charge in [-0.15, -0.1) is 0 Å². The highest BCUT2D eigenvalue weighted by molar-refractivity contribution is 6.15. The molecule has 0 aliphatic rings. The lowest BCUT2D eigenvalue weighted by atomic mass is 9.96. The Morgan fingerprint density at radius 1 is 0.442 bits per heavy atom. The first-order valence-electron chi connectivity index (χ1n) is 14.2. The molecule has 0 amide bonds. The number of rotatable bonds is 3. The van der Waals surface area contributed by atoms with Crippen molar-refractivity contribution < 1.29 is 4.42 Å². The van der Waals surface area contributed by atoms with Crippen LogP contribution in [0.1, 0.15) is 0 Å². The minimum absolute atomic E-state index is 0.598. The number of benzene rings is 6. The molecule has 9 aromatic rings. The van der Waals surface area contributed by atoms with Gasteiger partial charge in [0.15, 0.2) is 17.5 Å². The van der Waals surface area contributed by atoms with E-state index in [2.05, 4.69) is 77.8 Å². The quantitative estimate of drug-likeness (QED) is 0.205. The summed E-state index contributed by atoms with van der Waals surface area (Å²) in [6.07, 6.45) is 1.80. The molecule has 0 aliphatic carbocycles. The van der Waals surface area contributed by atoms with Gasteiger partial charge in [0.2, 0.25) is 0 Å². The molecule has 5 heteroatoms. The molecule has 43 heavy (non-hydrogen) atoms. The van der Waals surface area contributed by atoms with Crippen LogP contribution in [0.5, 0.6) is 0 Å². The molecular weight excluding hydrogens is 528 g/mol. The minimum Gasteiger partial charge on any atom is -0.456 e. The van der Waals surface area contributed by atoms with Crippen molar-refractivity contribution in [2.75, 3.05) is 0 Å². The Labute approximate surface area is 246 Å². The van der Waals surface area contributed by atoms with E-state index in [0.717, 1.165) is 60.3 Å². The predicted molar refractivity (Wildman–Crippen MR) is 174 cm³/mol. The number of hydrogen-bond acceptors (Lipinski definition) is 5. The van der Waals surface area contributed by atoms with Gasteiger partial charge in [-0.2, -0.15) is 0 Å². The van der Waals surface area contributed by atoms with E-state index in [0.29, 0.717) is 17.5 Å². The number of nitrogens with zero attached hydrogens (tertiary/aromatic N) is 4. The first-order valence-corrected chi connectivity index (χ1v) is 14.2. The minimum atomic E-state index is 0.598. The topological polar surface area (TPSA) is 64.7 Å². The largest absolute Gasteiger partial charge is 0.456 e. The molecule has 9 rings (SSSR count). The molecule has 0 spiro atoms. The third kappa shape index (κ3) is 3.79. The predicted octanol–water partition coefficient (Wildman–Crippen LogP) is 9.63.